The van der Waals surface area contributed by atoms with E-state index in [2.05, 4.69) is 13.2 Å². The molecule has 0 aromatic heterocycles. The van der Waals surface area contributed by atoms with Crippen LogP contribution in [-0.2, 0) is 9.59 Å². The van der Waals surface area contributed by atoms with Crippen molar-refractivity contribution in [3.05, 3.63) is 25.3 Å². The van der Waals surface area contributed by atoms with Gasteiger partial charge < -0.3 is 11.5 Å². The van der Waals surface area contributed by atoms with E-state index >= 15 is 0 Å². The lowest BCUT2D eigenvalue weighted by Crippen LogP contribution is -2.49. The smallest absolute Gasteiger partial charge is 0.172 e. The van der Waals surface area contributed by atoms with E-state index in [1.807, 2.05) is 6.92 Å². The summed E-state index contributed by atoms with van der Waals surface area (Å²) in [5.74, 6) is -0.968. The summed E-state index contributed by atoms with van der Waals surface area (Å²) in [4.78, 5) is 22.6. The topological polar surface area (TPSA) is 86.2 Å². The second-order valence-electron chi connectivity index (χ2n) is 3.34. The van der Waals surface area contributed by atoms with Crippen LogP contribution in [0.1, 0.15) is 13.3 Å². The Morgan fingerprint density at radius 1 is 1.13 bits per heavy atom. The first-order chi connectivity index (χ1) is 6.99. The predicted octanol–water partition coefficient (Wildman–Crippen LogP) is 0.177. The summed E-state index contributed by atoms with van der Waals surface area (Å²) >= 11 is 0. The van der Waals surface area contributed by atoms with Gasteiger partial charge in [0.15, 0.2) is 11.6 Å². The average Bonchev–Trinajstić information content (AvgIpc) is 2.27. The van der Waals surface area contributed by atoms with E-state index in [1.54, 1.807) is 0 Å². The Morgan fingerprint density at radius 3 is 1.67 bits per heavy atom. The molecular weight excluding hydrogens is 192 g/mol. The number of carbonyl (C=O) groups excluding carboxylic acids is 2. The molecule has 0 bridgehead atoms. The van der Waals surface area contributed by atoms with Gasteiger partial charge in [0.25, 0.3) is 0 Å². The highest BCUT2D eigenvalue weighted by atomic mass is 16.1. The summed E-state index contributed by atoms with van der Waals surface area (Å²) < 4.78 is 0. The maximum Gasteiger partial charge on any atom is 0.172 e. The number of rotatable bonds is 7. The highest BCUT2D eigenvalue weighted by Crippen LogP contribution is 2.13. The minimum atomic E-state index is -0.772. The lowest BCUT2D eigenvalue weighted by atomic mass is 9.85. The molecule has 4 N–H and O–H groups in total. The number of ketones is 2. The Bertz CT molecular complexity index is 248. The van der Waals surface area contributed by atoms with Crippen LogP contribution < -0.4 is 11.5 Å². The fourth-order valence-corrected chi connectivity index (χ4v) is 1.43. The van der Waals surface area contributed by atoms with Gasteiger partial charge in [0.1, 0.15) is 0 Å². The van der Waals surface area contributed by atoms with E-state index in [9.17, 15) is 9.59 Å². The molecule has 0 amide bonds. The SMILES string of the molecule is C=CC(=O)C(N)C(CC)C(N)C(=O)C=C. The van der Waals surface area contributed by atoms with Crippen molar-refractivity contribution < 1.29 is 9.59 Å². The third-order valence-corrected chi connectivity index (χ3v) is 2.45. The monoisotopic (exact) mass is 210 g/mol. The van der Waals surface area contributed by atoms with Crippen molar-refractivity contribution in [3.63, 3.8) is 0 Å². The van der Waals surface area contributed by atoms with Crippen molar-refractivity contribution in [2.45, 2.75) is 25.4 Å². The van der Waals surface area contributed by atoms with Gasteiger partial charge in [-0.15, -0.1) is 0 Å². The zero-order valence-corrected chi connectivity index (χ0v) is 8.98. The summed E-state index contributed by atoms with van der Waals surface area (Å²) in [6.45, 7) is 8.53. The van der Waals surface area contributed by atoms with Crippen LogP contribution in [0.4, 0.5) is 0 Å². The third kappa shape index (κ3) is 3.42. The number of carbonyl (C=O) groups is 2. The molecule has 0 aliphatic heterocycles. The van der Waals surface area contributed by atoms with Crippen molar-refractivity contribution >= 4 is 11.6 Å². The highest BCUT2D eigenvalue weighted by molar-refractivity contribution is 5.97. The molecule has 4 nitrogen and oxygen atoms in total. The molecule has 0 spiro atoms. The van der Waals surface area contributed by atoms with Crippen molar-refractivity contribution in [2.24, 2.45) is 17.4 Å². The highest BCUT2D eigenvalue weighted by Gasteiger charge is 2.29. The Kier molecular flexibility index (Phi) is 5.74. The Hall–Kier alpha value is -1.26. The summed E-state index contributed by atoms with van der Waals surface area (Å²) in [6.07, 6.45) is 2.86. The van der Waals surface area contributed by atoms with Crippen molar-refractivity contribution in [1.82, 2.24) is 0 Å². The fraction of sp³-hybridized carbons (Fsp3) is 0.455. The Balaban J connectivity index is 4.74. The standard InChI is InChI=1S/C11H18N2O2/c1-4-7(10(12)8(14)5-2)11(13)9(15)6-3/h5-7,10-11H,2-4,12-13H2,1H3. The molecule has 0 aliphatic carbocycles. The zero-order valence-electron chi connectivity index (χ0n) is 8.98. The van der Waals surface area contributed by atoms with Crippen LogP contribution in [0.15, 0.2) is 25.3 Å². The normalized spacial score (nSPS) is 16.2. The van der Waals surface area contributed by atoms with Crippen molar-refractivity contribution in [2.75, 3.05) is 0 Å². The van der Waals surface area contributed by atoms with Gasteiger partial charge in [-0.1, -0.05) is 20.1 Å². The van der Waals surface area contributed by atoms with Crippen LogP contribution in [-0.4, -0.2) is 23.7 Å². The lowest BCUT2D eigenvalue weighted by Gasteiger charge is -2.24. The van der Waals surface area contributed by atoms with Crippen LogP contribution in [0.5, 0.6) is 0 Å². The first-order valence-corrected chi connectivity index (χ1v) is 4.83. The van der Waals surface area contributed by atoms with E-state index < -0.39 is 12.1 Å². The van der Waals surface area contributed by atoms with Crippen LogP contribution in [0.3, 0.4) is 0 Å². The first kappa shape index (κ1) is 13.7. The minimum Gasteiger partial charge on any atom is -0.321 e. The number of hydrogen-bond acceptors (Lipinski definition) is 4. The molecule has 84 valence electrons. The molecular formula is C11H18N2O2. The molecule has 0 aromatic carbocycles. The molecule has 0 saturated heterocycles. The number of nitrogens with two attached hydrogens (primary N) is 2. The van der Waals surface area contributed by atoms with Crippen LogP contribution >= 0.6 is 0 Å². The summed E-state index contributed by atoms with van der Waals surface area (Å²) in [5, 5.41) is 0. The molecule has 0 fully saturated rings. The molecule has 2 unspecified atom stereocenters. The van der Waals surface area contributed by atoms with Crippen LogP contribution in [0, 0.1) is 5.92 Å². The maximum absolute atomic E-state index is 11.3. The molecule has 0 radical (unpaired) electrons. The zero-order chi connectivity index (χ0) is 12.0. The maximum atomic E-state index is 11.3. The van der Waals surface area contributed by atoms with E-state index in [0.29, 0.717) is 6.42 Å². The van der Waals surface area contributed by atoms with Gasteiger partial charge in [0, 0.05) is 5.92 Å². The average molecular weight is 210 g/mol. The largest absolute Gasteiger partial charge is 0.321 e. The fourth-order valence-electron chi connectivity index (χ4n) is 1.43. The van der Waals surface area contributed by atoms with Gasteiger partial charge >= 0.3 is 0 Å². The predicted molar refractivity (Wildman–Crippen MR) is 60.1 cm³/mol. The molecule has 0 heterocycles. The number of hydrogen-bond donors (Lipinski definition) is 2. The molecule has 4 heteroatoms. The summed E-state index contributed by atoms with van der Waals surface area (Å²) in [5.41, 5.74) is 11.4. The van der Waals surface area contributed by atoms with Crippen molar-refractivity contribution in [3.8, 4) is 0 Å². The quantitative estimate of drug-likeness (QED) is 0.587. The van der Waals surface area contributed by atoms with Gasteiger partial charge in [-0.05, 0) is 18.6 Å². The second kappa shape index (κ2) is 6.27. The van der Waals surface area contributed by atoms with E-state index in [4.69, 9.17) is 11.5 Å². The van der Waals surface area contributed by atoms with Gasteiger partial charge in [-0.3, -0.25) is 9.59 Å². The van der Waals surface area contributed by atoms with E-state index in [-0.39, 0.29) is 17.5 Å². The van der Waals surface area contributed by atoms with Crippen LogP contribution in [0.25, 0.3) is 0 Å². The molecule has 0 rings (SSSR count). The molecule has 0 aromatic rings. The lowest BCUT2D eigenvalue weighted by molar-refractivity contribution is -0.119. The Labute approximate surface area is 90.0 Å². The van der Waals surface area contributed by atoms with Gasteiger partial charge in [-0.2, -0.15) is 0 Å². The summed E-state index contributed by atoms with van der Waals surface area (Å²) in [6, 6.07) is -1.54. The van der Waals surface area contributed by atoms with Gasteiger partial charge in [0.05, 0.1) is 12.1 Å². The van der Waals surface area contributed by atoms with Gasteiger partial charge in [-0.25, -0.2) is 0 Å². The second-order valence-corrected chi connectivity index (χ2v) is 3.34. The molecule has 15 heavy (non-hydrogen) atoms. The molecule has 0 saturated carbocycles. The van der Waals surface area contributed by atoms with Gasteiger partial charge in [0.2, 0.25) is 0 Å². The third-order valence-electron chi connectivity index (χ3n) is 2.45. The van der Waals surface area contributed by atoms with E-state index in [0.717, 1.165) is 12.2 Å². The first-order valence-electron chi connectivity index (χ1n) is 4.83. The Morgan fingerprint density at radius 2 is 1.47 bits per heavy atom. The van der Waals surface area contributed by atoms with Crippen LogP contribution in [0.2, 0.25) is 0 Å². The van der Waals surface area contributed by atoms with E-state index in [1.165, 1.54) is 0 Å². The molecule has 2 atom stereocenters. The summed E-state index contributed by atoms with van der Waals surface area (Å²) in [7, 11) is 0. The minimum absolute atomic E-state index is 0.297. The molecule has 0 aliphatic rings. The van der Waals surface area contributed by atoms with Crippen molar-refractivity contribution in [1.29, 1.82) is 0 Å².